The molecule has 1 saturated heterocycles. The fourth-order valence-electron chi connectivity index (χ4n) is 1.38. The Morgan fingerprint density at radius 1 is 1.36 bits per heavy atom. The molecule has 0 aromatic carbocycles. The van der Waals surface area contributed by atoms with Crippen molar-refractivity contribution in [2.75, 3.05) is 13.6 Å². The van der Waals surface area contributed by atoms with Crippen LogP contribution in [0.15, 0.2) is 17.3 Å². The molecule has 2 heterocycles. The molecule has 2 nitrogen and oxygen atoms in total. The number of allylic oxidation sites excluding steroid dienone is 1. The van der Waals surface area contributed by atoms with Crippen LogP contribution in [-0.4, -0.2) is 30.7 Å². The second-order valence-electron chi connectivity index (χ2n) is 3.42. The van der Waals surface area contributed by atoms with E-state index in [9.17, 15) is 0 Å². The molecule has 1 unspecified atom stereocenters. The Morgan fingerprint density at radius 2 is 2.07 bits per heavy atom. The first kappa shape index (κ1) is 13.4. The predicted octanol–water partition coefficient (Wildman–Crippen LogP) is 3.10. The van der Waals surface area contributed by atoms with Crippen LogP contribution in [0.25, 0.3) is 0 Å². The predicted molar refractivity (Wildman–Crippen MR) is 64.9 cm³/mol. The lowest BCUT2D eigenvalue weighted by atomic mass is 10.3. The minimum atomic E-state index is 0.847. The summed E-state index contributed by atoms with van der Waals surface area (Å²) < 4.78 is 0. The molecule has 82 valence electrons. The second-order valence-corrected chi connectivity index (χ2v) is 3.42. The third kappa shape index (κ3) is 5.92. The molecule has 0 aromatic rings. The Bertz CT molecular complexity index is 155. The minimum Gasteiger partial charge on any atom is -0.304 e. The largest absolute Gasteiger partial charge is 0.304 e. The normalized spacial score (nSPS) is 23.9. The van der Waals surface area contributed by atoms with Gasteiger partial charge in [-0.25, -0.2) is 0 Å². The molecule has 1 atom stereocenters. The van der Waals surface area contributed by atoms with Crippen molar-refractivity contribution in [2.24, 2.45) is 4.99 Å². The van der Waals surface area contributed by atoms with Gasteiger partial charge in [0.1, 0.15) is 0 Å². The molecular formula is C12H24N2. The van der Waals surface area contributed by atoms with E-state index in [1.54, 1.807) is 6.20 Å². The van der Waals surface area contributed by atoms with Crippen LogP contribution < -0.4 is 0 Å². The molecule has 0 bridgehead atoms. The molecule has 0 radical (unpaired) electrons. The maximum absolute atomic E-state index is 3.78. The Kier molecular flexibility index (Phi) is 8.54. The van der Waals surface area contributed by atoms with Gasteiger partial charge in [0, 0.05) is 24.9 Å². The highest BCUT2D eigenvalue weighted by Crippen LogP contribution is 2.12. The molecule has 0 aromatic heterocycles. The van der Waals surface area contributed by atoms with Gasteiger partial charge in [0.25, 0.3) is 0 Å². The van der Waals surface area contributed by atoms with Gasteiger partial charge < -0.3 is 4.90 Å². The number of nitrogens with zero attached hydrogens (tertiary/aromatic N) is 2. The summed E-state index contributed by atoms with van der Waals surface area (Å²) in [6.45, 7) is 7.59. The van der Waals surface area contributed by atoms with Crippen LogP contribution in [0.4, 0.5) is 0 Å². The van der Waals surface area contributed by atoms with Crippen molar-refractivity contribution in [3.63, 3.8) is 0 Å². The van der Waals surface area contributed by atoms with E-state index in [4.69, 9.17) is 0 Å². The molecule has 2 aliphatic rings. The molecule has 2 heteroatoms. The Balaban J connectivity index is 0.000000213. The van der Waals surface area contributed by atoms with E-state index >= 15 is 0 Å². The van der Waals surface area contributed by atoms with Gasteiger partial charge in [0.05, 0.1) is 0 Å². The summed E-state index contributed by atoms with van der Waals surface area (Å²) in [4.78, 5) is 6.18. The van der Waals surface area contributed by atoms with Crippen molar-refractivity contribution in [2.45, 2.75) is 46.1 Å². The molecule has 14 heavy (non-hydrogen) atoms. The van der Waals surface area contributed by atoms with Crippen molar-refractivity contribution in [1.29, 1.82) is 0 Å². The molecule has 2 rings (SSSR count). The van der Waals surface area contributed by atoms with Crippen LogP contribution in [0.3, 0.4) is 0 Å². The van der Waals surface area contributed by atoms with Crippen molar-refractivity contribution >= 4 is 6.21 Å². The maximum atomic E-state index is 3.78. The fourth-order valence-corrected chi connectivity index (χ4v) is 1.38. The van der Waals surface area contributed by atoms with E-state index in [-0.39, 0.29) is 0 Å². The maximum Gasteiger partial charge on any atom is 0.0227 e. The lowest BCUT2D eigenvalue weighted by Gasteiger charge is -2.12. The molecule has 0 N–H and O–H groups in total. The molecule has 0 aliphatic carbocycles. The fraction of sp³-hybridized carbons (Fsp3) is 0.750. The van der Waals surface area contributed by atoms with E-state index in [1.807, 2.05) is 26.1 Å². The number of aliphatic imine (C=N–C) groups is 1. The van der Waals surface area contributed by atoms with Crippen molar-refractivity contribution < 1.29 is 0 Å². The average Bonchev–Trinajstić information content (AvgIpc) is 2.86. The van der Waals surface area contributed by atoms with Crippen LogP contribution in [0, 0.1) is 0 Å². The number of rotatable bonds is 0. The highest BCUT2D eigenvalue weighted by atomic mass is 15.1. The first-order chi connectivity index (χ1) is 6.80. The Labute approximate surface area is 88.7 Å². The third-order valence-electron chi connectivity index (χ3n) is 2.42. The van der Waals surface area contributed by atoms with Gasteiger partial charge in [-0.05, 0) is 33.4 Å². The highest BCUT2D eigenvalue weighted by molar-refractivity contribution is 5.62. The summed E-state index contributed by atoms with van der Waals surface area (Å²) in [5, 5.41) is 0. The SMILES string of the molecule is C1=CN=CC1.CC.CC1CCCN1C. The molecule has 0 spiro atoms. The smallest absolute Gasteiger partial charge is 0.0227 e. The highest BCUT2D eigenvalue weighted by Gasteiger charge is 2.14. The summed E-state index contributed by atoms with van der Waals surface area (Å²) in [6.07, 6.45) is 9.52. The minimum absolute atomic E-state index is 0.847. The van der Waals surface area contributed by atoms with Gasteiger partial charge >= 0.3 is 0 Å². The van der Waals surface area contributed by atoms with Crippen LogP contribution in [-0.2, 0) is 0 Å². The van der Waals surface area contributed by atoms with Gasteiger partial charge in [-0.2, -0.15) is 0 Å². The van der Waals surface area contributed by atoms with Crippen LogP contribution in [0.2, 0.25) is 0 Å². The summed E-state index contributed by atoms with van der Waals surface area (Å²) in [7, 11) is 2.19. The van der Waals surface area contributed by atoms with Gasteiger partial charge in [-0.1, -0.05) is 19.9 Å². The first-order valence-corrected chi connectivity index (χ1v) is 5.67. The molecule has 0 amide bonds. The van der Waals surface area contributed by atoms with Crippen LogP contribution in [0.1, 0.15) is 40.0 Å². The Hall–Kier alpha value is -0.630. The standard InChI is InChI=1S/C6H13N.C4H5N.C2H6/c1-6-4-3-5-7(6)2;1-2-4-5-3-1;1-2/h6H,3-5H2,1-2H3;1,3-4H,2H2;1-2H3. The van der Waals surface area contributed by atoms with E-state index in [0.29, 0.717) is 0 Å². The van der Waals surface area contributed by atoms with E-state index in [2.05, 4.69) is 23.9 Å². The van der Waals surface area contributed by atoms with Crippen LogP contribution >= 0.6 is 0 Å². The zero-order chi connectivity index (χ0) is 10.8. The van der Waals surface area contributed by atoms with E-state index in [1.165, 1.54) is 19.4 Å². The topological polar surface area (TPSA) is 15.6 Å². The third-order valence-corrected chi connectivity index (χ3v) is 2.42. The van der Waals surface area contributed by atoms with Crippen molar-refractivity contribution in [1.82, 2.24) is 4.90 Å². The Morgan fingerprint density at radius 3 is 2.21 bits per heavy atom. The first-order valence-electron chi connectivity index (χ1n) is 5.67. The average molecular weight is 196 g/mol. The molecular weight excluding hydrogens is 172 g/mol. The summed E-state index contributed by atoms with van der Waals surface area (Å²) in [5.74, 6) is 0. The van der Waals surface area contributed by atoms with Gasteiger partial charge in [0.2, 0.25) is 0 Å². The van der Waals surface area contributed by atoms with Crippen molar-refractivity contribution in [3.8, 4) is 0 Å². The lowest BCUT2D eigenvalue weighted by Crippen LogP contribution is -2.20. The monoisotopic (exact) mass is 196 g/mol. The van der Waals surface area contributed by atoms with Gasteiger partial charge in [-0.15, -0.1) is 0 Å². The lowest BCUT2D eigenvalue weighted by molar-refractivity contribution is 0.331. The van der Waals surface area contributed by atoms with E-state index < -0.39 is 0 Å². The summed E-state index contributed by atoms with van der Waals surface area (Å²) in [5.41, 5.74) is 0. The second kappa shape index (κ2) is 8.95. The molecule has 1 fully saturated rings. The number of hydrogen-bond acceptors (Lipinski definition) is 2. The van der Waals surface area contributed by atoms with Gasteiger partial charge in [0.15, 0.2) is 0 Å². The zero-order valence-electron chi connectivity index (χ0n) is 10.0. The molecule has 0 saturated carbocycles. The quantitative estimate of drug-likeness (QED) is 0.581. The summed E-state index contributed by atoms with van der Waals surface area (Å²) >= 11 is 0. The number of hydrogen-bond donors (Lipinski definition) is 0. The number of likely N-dealkylation sites (tertiary alicyclic amines) is 1. The zero-order valence-corrected chi connectivity index (χ0v) is 10.0. The van der Waals surface area contributed by atoms with Crippen LogP contribution in [0.5, 0.6) is 0 Å². The van der Waals surface area contributed by atoms with E-state index in [0.717, 1.165) is 12.5 Å². The molecule has 2 aliphatic heterocycles. The summed E-state index contributed by atoms with van der Waals surface area (Å²) in [6, 6.07) is 0.847. The van der Waals surface area contributed by atoms with Crippen molar-refractivity contribution in [3.05, 3.63) is 12.3 Å². The van der Waals surface area contributed by atoms with Gasteiger partial charge in [-0.3, -0.25) is 4.99 Å².